The number of methoxy groups -OCH3 is 2. The summed E-state index contributed by atoms with van der Waals surface area (Å²) in [6.07, 6.45) is -17.5. The topological polar surface area (TPSA) is 683 Å². The Balaban J connectivity index is 1.60. The maximum atomic E-state index is 15.2. The number of amides is 18. The number of hydrogen-bond acceptors (Lipinski definition) is 32. The first kappa shape index (κ1) is 127. The Hall–Kier alpha value is -11.6. The van der Waals surface area contributed by atoms with Gasteiger partial charge in [0.1, 0.15) is 60.8 Å². The highest BCUT2D eigenvalue weighted by molar-refractivity contribution is 6.13. The number of hydrogen-bond donors (Lipinski definition) is 19. The minimum absolute atomic E-state index is 0.0266. The van der Waals surface area contributed by atoms with E-state index in [1.54, 1.807) is 84.6 Å². The Bertz CT molecular complexity index is 4590. The molecule has 0 bridgehead atoms. The van der Waals surface area contributed by atoms with Crippen LogP contribution in [0.15, 0.2) is 66.7 Å². The molecule has 0 aliphatic carbocycles. The summed E-state index contributed by atoms with van der Waals surface area (Å²) in [7, 11) is 11.6. The maximum Gasteiger partial charge on any atom is 0.411 e. The Morgan fingerprint density at radius 1 is 0.500 bits per heavy atom. The van der Waals surface area contributed by atoms with Crippen molar-refractivity contribution in [3.05, 3.63) is 77.9 Å². The lowest BCUT2D eigenvalue weighted by Gasteiger charge is -2.40. The molecule has 1 fully saturated rings. The highest BCUT2D eigenvalue weighted by Crippen LogP contribution is 2.32. The number of carbonyl (C=O) groups excluding carboxylic acids is 17. The van der Waals surface area contributed by atoms with Gasteiger partial charge in [-0.1, -0.05) is 111 Å². The van der Waals surface area contributed by atoms with E-state index < -0.39 is 293 Å². The number of benzene rings is 2. The van der Waals surface area contributed by atoms with Crippen molar-refractivity contribution < 1.29 is 152 Å². The average molecular weight is 2070 g/mol. The van der Waals surface area contributed by atoms with E-state index in [4.69, 9.17) is 19.9 Å². The van der Waals surface area contributed by atoms with E-state index in [1.807, 2.05) is 19.9 Å². The number of aliphatic hydroxyl groups is 11. The summed E-state index contributed by atoms with van der Waals surface area (Å²) >= 11 is 0. The van der Waals surface area contributed by atoms with Crippen LogP contribution >= 0.6 is 0 Å². The minimum Gasteiger partial charge on any atom is -0.431 e. The van der Waals surface area contributed by atoms with Gasteiger partial charge < -0.3 is 148 Å². The number of likely N-dealkylation sites (N-methyl/N-ethyl adjacent to an activating group) is 7. The van der Waals surface area contributed by atoms with Gasteiger partial charge in [-0.05, 0) is 86.8 Å². The Labute approximate surface area is 851 Å². The van der Waals surface area contributed by atoms with Gasteiger partial charge >= 0.3 is 12.1 Å². The summed E-state index contributed by atoms with van der Waals surface area (Å²) in [5.74, 6) is -13.4. The average Bonchev–Trinajstić information content (AvgIpc) is 1.07. The van der Waals surface area contributed by atoms with Crippen LogP contribution in [0.3, 0.4) is 0 Å². The van der Waals surface area contributed by atoms with Gasteiger partial charge in [-0.25, -0.2) is 9.59 Å². The van der Waals surface area contributed by atoms with E-state index in [0.29, 0.717) is 44.2 Å². The van der Waals surface area contributed by atoms with Crippen LogP contribution in [0.4, 0.5) is 15.3 Å². The number of nitrogens with two attached hydrogens (primary N) is 1. The zero-order chi connectivity index (χ0) is 110. The zero-order valence-corrected chi connectivity index (χ0v) is 87.1. The second-order valence-corrected chi connectivity index (χ2v) is 38.7. The number of carbonyl (C=O) groups is 17. The predicted octanol–water partition coefficient (Wildman–Crippen LogP) is -5.19. The summed E-state index contributed by atoms with van der Waals surface area (Å²) < 4.78 is 18.1. The summed E-state index contributed by atoms with van der Waals surface area (Å²) in [4.78, 5) is 246. The molecule has 18 amide bonds. The van der Waals surface area contributed by atoms with Gasteiger partial charge in [0.25, 0.3) is 17.7 Å². The quantitative estimate of drug-likeness (QED) is 0.0217. The molecule has 0 aromatic heterocycles. The molecule has 1 saturated heterocycles. The molecule has 146 heavy (non-hydrogen) atoms. The molecule has 49 heteroatoms. The first-order valence-corrected chi connectivity index (χ1v) is 48.8. The second-order valence-electron chi connectivity index (χ2n) is 38.7. The first-order chi connectivity index (χ1) is 68.5. The Kier molecular flexibility index (Phi) is 53.7. The van der Waals surface area contributed by atoms with Crippen LogP contribution in [0, 0.1) is 29.6 Å². The zero-order valence-electron chi connectivity index (χ0n) is 87.1. The number of ether oxygens (including phenoxy) is 3. The van der Waals surface area contributed by atoms with Crippen molar-refractivity contribution in [1.29, 1.82) is 0 Å². The lowest BCUT2D eigenvalue weighted by Crippen LogP contribution is -2.60. The fourth-order valence-electron chi connectivity index (χ4n) is 16.9. The van der Waals surface area contributed by atoms with Gasteiger partial charge in [-0.15, -0.1) is 0 Å². The van der Waals surface area contributed by atoms with Crippen LogP contribution in [0.5, 0.6) is 0 Å². The molecule has 822 valence electrons. The maximum absolute atomic E-state index is 15.2. The van der Waals surface area contributed by atoms with Gasteiger partial charge in [0, 0.05) is 139 Å². The number of primary amides is 1. The number of rotatable bonds is 63. The molecule has 0 saturated carbocycles. The molecule has 20 N–H and O–H groups in total. The Morgan fingerprint density at radius 3 is 1.50 bits per heavy atom. The summed E-state index contributed by atoms with van der Waals surface area (Å²) in [6, 6.07) is 5.85. The molecular weight excluding hydrogens is 1910 g/mol. The van der Waals surface area contributed by atoms with Crippen LogP contribution in [-0.4, -0.2) is 465 Å². The number of urea groups is 1. The van der Waals surface area contributed by atoms with Crippen molar-refractivity contribution in [2.45, 2.75) is 243 Å². The fraction of sp³-hybridized carbons (Fsp3) is 0.680. The standard InChI is InChI=1S/C97H158N18O31/c1-54(2)79(104-70(122)32-24-21-25-41-115-72(124)37-38-73(115)125)92(138)103-63(30-26-39-100-96(98)142)91(137)102-62-35-33-61(34-36-62)89(95(141)110(15)51-78(130)109(14)50-77(129)108(13)49-76(128)107(12)48-75(127)106(11)47-71(123)99-40-43-113(45-65(118)84(132)86(134)67(120)52-116)46-66(119)85(133)87(135)68(121)53-117)146-97(143)112(17)82(57(7)8)93(139)105-80(55(3)4)94(140)111(16)81(56(5)6)69(144-18)44-74(126)114-42-27-31-64(114)88(145-19)58(9)90(136)101-59(10)83(131)60-28-22-20-23-29-60/h20,22-23,28-29,33-38,54-59,63-69,79-89,116-121,131-135H,21,24-27,30-32,39-53H2,1-19H3,(H,99,123)(H,101,136)(H,102,137)(H,103,138)(H,104,122)(H,105,139)(H3,98,100,142)/t58-,59-,63+,64+,65-,66-,67+,68+,69-,79+,80+,81+,82+,83-,84+,85+,86+,87+,88-,89?/m1/s1. The third-order valence-electron chi connectivity index (χ3n) is 25.8. The third-order valence-corrected chi connectivity index (χ3v) is 25.8. The van der Waals surface area contributed by atoms with Crippen LogP contribution in [0.2, 0.25) is 0 Å². The van der Waals surface area contributed by atoms with E-state index in [2.05, 4.69) is 37.2 Å². The largest absolute Gasteiger partial charge is 0.431 e. The van der Waals surface area contributed by atoms with Crippen LogP contribution in [0.25, 0.3) is 0 Å². The van der Waals surface area contributed by atoms with Gasteiger partial charge in [0.15, 0.2) is 0 Å². The van der Waals surface area contributed by atoms with E-state index in [-0.39, 0.29) is 74.9 Å². The molecule has 2 aromatic rings. The van der Waals surface area contributed by atoms with Gasteiger partial charge in [0.2, 0.25) is 77.0 Å². The smallest absolute Gasteiger partial charge is 0.411 e. The molecule has 0 radical (unpaired) electrons. The fourth-order valence-corrected chi connectivity index (χ4v) is 16.9. The number of imide groups is 1. The highest BCUT2D eigenvalue weighted by Gasteiger charge is 2.46. The first-order valence-electron chi connectivity index (χ1n) is 48.8. The van der Waals surface area contributed by atoms with Gasteiger partial charge in [0.05, 0.1) is 107 Å². The number of nitrogens with zero attached hydrogens (tertiary/aromatic N) is 10. The second kappa shape index (κ2) is 61.9. The molecular formula is C97H158N18O31. The minimum atomic E-state index is -2.09. The molecule has 20 atom stereocenters. The number of nitrogens with one attached hydrogen (secondary N) is 7. The molecule has 0 spiro atoms. The lowest BCUT2D eigenvalue weighted by atomic mass is 9.91. The molecule has 2 aliphatic rings. The van der Waals surface area contributed by atoms with E-state index in [1.165, 1.54) is 105 Å². The molecule has 49 nitrogen and oxygen atoms in total. The number of likely N-dealkylation sites (tertiary alicyclic amines) is 1. The Morgan fingerprint density at radius 2 is 1.01 bits per heavy atom. The molecule has 2 aromatic carbocycles. The van der Waals surface area contributed by atoms with Crippen molar-refractivity contribution in [2.75, 3.05) is 161 Å². The SMILES string of the molecule is CO[C@H]([C@@H](C)C(=O)N[C@H](C)[C@@H](O)c1ccccc1)[C@@H]1CCCN1C(=O)C[C@@H](OC)[C@H](C(C)C)N(C)C(=O)[C@@H](NC(=O)[C@H](C(C)C)N(C)C(=O)OC(C(=O)N(C)CC(=O)N(C)CC(=O)N(C)CC(=O)N(C)CC(=O)N(C)CC(=O)NCCN(C[C@@H](O)[C@H](O)[C@@H](O)[C@@H](O)CO)C[C@@H](O)[C@H](O)[C@@H](O)[C@@H](O)CO)c1ccc(NC(=O)[C@H](CCCNC(N)=O)NC(=O)[C@@H](NC(=O)CCCCCN2C(=O)C=CC2=O)C(C)C)cc1)C(C)C. The van der Waals surface area contributed by atoms with Crippen LogP contribution in [-0.2, 0) is 86.1 Å². The highest BCUT2D eigenvalue weighted by atomic mass is 16.6. The van der Waals surface area contributed by atoms with Gasteiger partial charge in [-0.2, -0.15) is 0 Å². The summed E-state index contributed by atoms with van der Waals surface area (Å²) in [5.41, 5.74) is 5.87. The van der Waals surface area contributed by atoms with Crippen LogP contribution < -0.4 is 43.0 Å². The van der Waals surface area contributed by atoms with E-state index >= 15 is 19.2 Å². The van der Waals surface area contributed by atoms with E-state index in [9.17, 15) is 119 Å². The van der Waals surface area contributed by atoms with Crippen molar-refractivity contribution >= 4 is 106 Å². The van der Waals surface area contributed by atoms with E-state index in [0.717, 1.165) is 39.2 Å². The van der Waals surface area contributed by atoms with Gasteiger partial charge in [-0.3, -0.25) is 86.6 Å². The number of unbranched alkanes of at least 4 members (excludes halogenated alkanes) is 2. The lowest BCUT2D eigenvalue weighted by molar-refractivity contribution is -0.148. The third kappa shape index (κ3) is 38.9. The normalized spacial score (nSPS) is 17.1. The predicted molar refractivity (Wildman–Crippen MR) is 528 cm³/mol. The van der Waals surface area contributed by atoms with Crippen molar-refractivity contribution in [1.82, 2.24) is 80.9 Å². The molecule has 2 heterocycles. The van der Waals surface area contributed by atoms with Crippen LogP contribution in [0.1, 0.15) is 150 Å². The van der Waals surface area contributed by atoms with Crippen molar-refractivity contribution in [3.63, 3.8) is 0 Å². The number of aliphatic hydroxyl groups excluding tert-OH is 11. The van der Waals surface area contributed by atoms with Crippen molar-refractivity contribution in [2.24, 2.45) is 35.3 Å². The molecule has 2 aliphatic heterocycles. The number of anilines is 1. The monoisotopic (exact) mass is 2070 g/mol. The molecule has 1 unspecified atom stereocenters. The molecule has 4 rings (SSSR count). The summed E-state index contributed by atoms with van der Waals surface area (Å²) in [5, 5.41) is 131. The summed E-state index contributed by atoms with van der Waals surface area (Å²) in [6.45, 7) is 10.0. The van der Waals surface area contributed by atoms with Crippen molar-refractivity contribution in [3.8, 4) is 0 Å².